The molecule has 1 atom stereocenters. The zero-order valence-electron chi connectivity index (χ0n) is 11.9. The molecule has 106 valence electrons. The van der Waals surface area contributed by atoms with E-state index in [-0.39, 0.29) is 0 Å². The standard InChI is InChI=1S/C17H17N3S/c1-12-16(13-5-3-2-4-6-13)17-18-9-7-15(20(17)19-12)14-8-10-21-11-14/h2-6,8,10-11,15,18H,7,9H2,1H3. The van der Waals surface area contributed by atoms with Gasteiger partial charge < -0.3 is 5.32 Å². The number of thiophene rings is 1. The number of rotatable bonds is 2. The van der Waals surface area contributed by atoms with E-state index in [2.05, 4.69) is 64.1 Å². The van der Waals surface area contributed by atoms with Crippen molar-refractivity contribution in [2.24, 2.45) is 0 Å². The molecule has 21 heavy (non-hydrogen) atoms. The molecule has 4 heteroatoms. The average molecular weight is 295 g/mol. The second-order valence-electron chi connectivity index (χ2n) is 5.41. The van der Waals surface area contributed by atoms with E-state index < -0.39 is 0 Å². The van der Waals surface area contributed by atoms with Gasteiger partial charge in [-0.2, -0.15) is 16.4 Å². The molecule has 0 amide bonds. The molecule has 1 N–H and O–H groups in total. The molecule has 3 heterocycles. The van der Waals surface area contributed by atoms with Crippen molar-refractivity contribution in [2.75, 3.05) is 11.9 Å². The molecule has 2 aromatic heterocycles. The summed E-state index contributed by atoms with van der Waals surface area (Å²) in [5, 5.41) is 12.7. The molecular formula is C17H17N3S. The number of benzene rings is 1. The van der Waals surface area contributed by atoms with Crippen LogP contribution >= 0.6 is 11.3 Å². The van der Waals surface area contributed by atoms with Gasteiger partial charge >= 0.3 is 0 Å². The quantitative estimate of drug-likeness (QED) is 0.763. The van der Waals surface area contributed by atoms with Gasteiger partial charge in [0.25, 0.3) is 0 Å². The van der Waals surface area contributed by atoms with Gasteiger partial charge in [-0.15, -0.1) is 0 Å². The molecule has 1 aromatic carbocycles. The van der Waals surface area contributed by atoms with Crippen molar-refractivity contribution in [3.8, 4) is 11.1 Å². The highest BCUT2D eigenvalue weighted by atomic mass is 32.1. The van der Waals surface area contributed by atoms with E-state index in [9.17, 15) is 0 Å². The Morgan fingerprint density at radius 2 is 2.10 bits per heavy atom. The predicted octanol–water partition coefficient (Wildman–Crippen LogP) is 4.33. The summed E-state index contributed by atoms with van der Waals surface area (Å²) in [5.74, 6) is 1.15. The van der Waals surface area contributed by atoms with Gasteiger partial charge in [0.2, 0.25) is 0 Å². The fourth-order valence-corrected chi connectivity index (χ4v) is 3.82. The summed E-state index contributed by atoms with van der Waals surface area (Å²) < 4.78 is 2.17. The molecule has 3 aromatic rings. The summed E-state index contributed by atoms with van der Waals surface area (Å²) in [6.07, 6.45) is 1.08. The first-order valence-electron chi connectivity index (χ1n) is 7.25. The number of fused-ring (bicyclic) bond motifs is 1. The molecule has 3 nitrogen and oxygen atoms in total. The molecule has 1 unspecified atom stereocenters. The van der Waals surface area contributed by atoms with Gasteiger partial charge in [0.05, 0.1) is 11.7 Å². The SMILES string of the molecule is Cc1nn2c(c1-c1ccccc1)NCCC2c1ccsc1. The number of aryl methyl sites for hydroxylation is 1. The Bertz CT molecular complexity index is 744. The molecule has 1 aliphatic heterocycles. The van der Waals surface area contributed by atoms with E-state index in [0.29, 0.717) is 6.04 Å². The summed E-state index contributed by atoms with van der Waals surface area (Å²) in [5.41, 5.74) is 4.92. The third-order valence-corrected chi connectivity index (χ3v) is 4.78. The van der Waals surface area contributed by atoms with Crippen molar-refractivity contribution in [1.29, 1.82) is 0 Å². The maximum Gasteiger partial charge on any atom is 0.133 e. The van der Waals surface area contributed by atoms with Gasteiger partial charge in [0, 0.05) is 12.1 Å². The lowest BCUT2D eigenvalue weighted by Gasteiger charge is -2.26. The van der Waals surface area contributed by atoms with E-state index in [1.165, 1.54) is 16.7 Å². The third-order valence-electron chi connectivity index (χ3n) is 4.08. The Labute approximate surface area is 128 Å². The van der Waals surface area contributed by atoms with Crippen molar-refractivity contribution in [3.63, 3.8) is 0 Å². The van der Waals surface area contributed by atoms with Crippen LogP contribution in [-0.4, -0.2) is 16.3 Å². The van der Waals surface area contributed by atoms with Crippen LogP contribution in [0.1, 0.15) is 23.7 Å². The smallest absolute Gasteiger partial charge is 0.133 e. The zero-order valence-corrected chi connectivity index (χ0v) is 12.7. The second kappa shape index (κ2) is 5.04. The lowest BCUT2D eigenvalue weighted by molar-refractivity contribution is 0.481. The van der Waals surface area contributed by atoms with Gasteiger partial charge in [-0.05, 0) is 41.3 Å². The Morgan fingerprint density at radius 1 is 1.24 bits per heavy atom. The molecule has 0 radical (unpaired) electrons. The first-order valence-corrected chi connectivity index (χ1v) is 8.19. The average Bonchev–Trinajstić information content (AvgIpc) is 3.14. The van der Waals surface area contributed by atoms with Gasteiger partial charge in [0.15, 0.2) is 0 Å². The molecule has 0 fully saturated rings. The maximum atomic E-state index is 4.82. The Kier molecular flexibility index (Phi) is 3.04. The van der Waals surface area contributed by atoms with Gasteiger partial charge in [-0.25, -0.2) is 4.68 Å². The molecule has 1 aliphatic rings. The van der Waals surface area contributed by atoms with Crippen LogP contribution in [0.3, 0.4) is 0 Å². The van der Waals surface area contributed by atoms with E-state index in [1.54, 1.807) is 11.3 Å². The van der Waals surface area contributed by atoms with Crippen LogP contribution in [0.2, 0.25) is 0 Å². The molecule has 0 spiro atoms. The summed E-state index contributed by atoms with van der Waals surface area (Å²) in [6.45, 7) is 3.09. The van der Waals surface area contributed by atoms with E-state index in [1.807, 2.05) is 0 Å². The minimum Gasteiger partial charge on any atom is -0.370 e. The monoisotopic (exact) mass is 295 g/mol. The predicted molar refractivity (Wildman–Crippen MR) is 88.0 cm³/mol. The number of anilines is 1. The van der Waals surface area contributed by atoms with Crippen LogP contribution < -0.4 is 5.32 Å². The lowest BCUT2D eigenvalue weighted by Crippen LogP contribution is -2.24. The maximum absolute atomic E-state index is 4.82. The molecule has 0 saturated heterocycles. The largest absolute Gasteiger partial charge is 0.370 e. The van der Waals surface area contributed by atoms with Crippen LogP contribution in [-0.2, 0) is 0 Å². The highest BCUT2D eigenvalue weighted by Crippen LogP contribution is 2.38. The minimum absolute atomic E-state index is 0.351. The normalized spacial score (nSPS) is 17.3. The van der Waals surface area contributed by atoms with Crippen molar-refractivity contribution in [3.05, 3.63) is 58.4 Å². The Hall–Kier alpha value is -2.07. The summed E-state index contributed by atoms with van der Waals surface area (Å²) in [6, 6.07) is 13.1. The molecule has 0 bridgehead atoms. The van der Waals surface area contributed by atoms with Crippen LogP contribution in [0.4, 0.5) is 5.82 Å². The fraction of sp³-hybridized carbons (Fsp3) is 0.235. The van der Waals surface area contributed by atoms with Crippen molar-refractivity contribution in [2.45, 2.75) is 19.4 Å². The van der Waals surface area contributed by atoms with E-state index in [4.69, 9.17) is 5.10 Å². The Balaban J connectivity index is 1.86. The number of aromatic nitrogens is 2. The molecule has 4 rings (SSSR count). The Morgan fingerprint density at radius 3 is 2.86 bits per heavy atom. The topological polar surface area (TPSA) is 29.9 Å². The molecule has 0 saturated carbocycles. The van der Waals surface area contributed by atoms with Crippen molar-refractivity contribution >= 4 is 17.2 Å². The van der Waals surface area contributed by atoms with Crippen molar-refractivity contribution < 1.29 is 0 Å². The van der Waals surface area contributed by atoms with Gasteiger partial charge in [-0.1, -0.05) is 30.3 Å². The minimum atomic E-state index is 0.351. The van der Waals surface area contributed by atoms with Crippen LogP contribution in [0, 0.1) is 6.92 Å². The number of hydrogen-bond donors (Lipinski definition) is 1. The number of nitrogens with zero attached hydrogens (tertiary/aromatic N) is 2. The number of nitrogens with one attached hydrogen (secondary N) is 1. The fourth-order valence-electron chi connectivity index (χ4n) is 3.11. The van der Waals surface area contributed by atoms with E-state index >= 15 is 0 Å². The zero-order chi connectivity index (χ0) is 14.2. The summed E-state index contributed by atoms with van der Waals surface area (Å²) >= 11 is 1.75. The second-order valence-corrected chi connectivity index (χ2v) is 6.19. The first-order chi connectivity index (χ1) is 10.3. The molecule has 0 aliphatic carbocycles. The highest BCUT2D eigenvalue weighted by molar-refractivity contribution is 7.07. The van der Waals surface area contributed by atoms with Crippen LogP contribution in [0.5, 0.6) is 0 Å². The van der Waals surface area contributed by atoms with E-state index in [0.717, 1.165) is 24.5 Å². The summed E-state index contributed by atoms with van der Waals surface area (Å²) in [7, 11) is 0. The first kappa shape index (κ1) is 12.7. The van der Waals surface area contributed by atoms with Crippen LogP contribution in [0.25, 0.3) is 11.1 Å². The van der Waals surface area contributed by atoms with Crippen LogP contribution in [0.15, 0.2) is 47.2 Å². The third kappa shape index (κ3) is 2.07. The number of hydrogen-bond acceptors (Lipinski definition) is 3. The van der Waals surface area contributed by atoms with Gasteiger partial charge in [-0.3, -0.25) is 0 Å². The lowest BCUT2D eigenvalue weighted by atomic mass is 10.0. The molecular weight excluding hydrogens is 278 g/mol. The van der Waals surface area contributed by atoms with Crippen molar-refractivity contribution in [1.82, 2.24) is 9.78 Å². The van der Waals surface area contributed by atoms with Gasteiger partial charge in [0.1, 0.15) is 5.82 Å². The highest BCUT2D eigenvalue weighted by Gasteiger charge is 2.26. The summed E-state index contributed by atoms with van der Waals surface area (Å²) in [4.78, 5) is 0.